The van der Waals surface area contributed by atoms with Crippen LogP contribution in [0.4, 0.5) is 13.2 Å². The minimum atomic E-state index is -4.77. The standard InChI is InChI=1S/C25H26F3NO2/c1-23(12-5-6-17-14-19(31-2)9-10-21(17)23)16-24(30,25(26,27)28)15-18-11-13-29-22-8-4-3-7-20(18)22/h3-4,7-11,13-14,30H,5-6,12,15-16H2,1-2H3/t23-,24?/m1/s1. The Hall–Kier alpha value is -2.60. The molecule has 0 fully saturated rings. The van der Waals surface area contributed by atoms with Gasteiger partial charge in [0.15, 0.2) is 5.60 Å². The fraction of sp³-hybridized carbons (Fsp3) is 0.400. The third-order valence-electron chi connectivity index (χ3n) is 6.57. The molecule has 3 nitrogen and oxygen atoms in total. The van der Waals surface area contributed by atoms with Gasteiger partial charge in [-0.25, -0.2) is 0 Å². The second-order valence-electron chi connectivity index (χ2n) is 8.81. The minimum Gasteiger partial charge on any atom is -0.497 e. The molecule has 1 heterocycles. The van der Waals surface area contributed by atoms with Crippen molar-refractivity contribution in [3.05, 3.63) is 71.4 Å². The number of ether oxygens (including phenoxy) is 1. The van der Waals surface area contributed by atoms with E-state index in [9.17, 15) is 18.3 Å². The number of methoxy groups -OCH3 is 1. The van der Waals surface area contributed by atoms with Gasteiger partial charge < -0.3 is 9.84 Å². The Balaban J connectivity index is 1.74. The van der Waals surface area contributed by atoms with Gasteiger partial charge in [-0.2, -0.15) is 13.2 Å². The molecule has 0 aliphatic heterocycles. The van der Waals surface area contributed by atoms with Crippen molar-refractivity contribution < 1.29 is 23.0 Å². The molecular formula is C25H26F3NO2. The smallest absolute Gasteiger partial charge is 0.417 e. The normalized spacial score (nSPS) is 20.8. The summed E-state index contributed by atoms with van der Waals surface area (Å²) in [5.41, 5.74) is -0.743. The summed E-state index contributed by atoms with van der Waals surface area (Å²) < 4.78 is 48.3. The van der Waals surface area contributed by atoms with Crippen LogP contribution in [0.1, 0.15) is 42.9 Å². The van der Waals surface area contributed by atoms with Gasteiger partial charge >= 0.3 is 6.18 Å². The van der Waals surface area contributed by atoms with Crippen molar-refractivity contribution in [3.8, 4) is 5.75 Å². The zero-order valence-corrected chi connectivity index (χ0v) is 17.7. The van der Waals surface area contributed by atoms with Crippen LogP contribution in [0.5, 0.6) is 5.75 Å². The average molecular weight is 429 g/mol. The van der Waals surface area contributed by atoms with E-state index in [-0.39, 0.29) is 0 Å². The molecule has 0 amide bonds. The van der Waals surface area contributed by atoms with Crippen molar-refractivity contribution in [3.63, 3.8) is 0 Å². The van der Waals surface area contributed by atoms with Crippen molar-refractivity contribution in [2.75, 3.05) is 7.11 Å². The molecule has 1 unspecified atom stereocenters. The fourth-order valence-electron chi connectivity index (χ4n) is 5.01. The van der Waals surface area contributed by atoms with Crippen LogP contribution in [0.25, 0.3) is 10.9 Å². The third kappa shape index (κ3) is 4.01. The van der Waals surface area contributed by atoms with Crippen LogP contribution >= 0.6 is 0 Å². The van der Waals surface area contributed by atoms with Crippen LogP contribution in [0.3, 0.4) is 0 Å². The SMILES string of the molecule is COc1ccc2c(c1)CCC[C@]2(C)CC(O)(Cc1ccnc2ccccc12)C(F)(F)F. The number of aliphatic hydroxyl groups is 1. The number of pyridine rings is 1. The maximum absolute atomic E-state index is 14.3. The summed E-state index contributed by atoms with van der Waals surface area (Å²) in [5, 5.41) is 11.8. The molecule has 0 spiro atoms. The van der Waals surface area contributed by atoms with Crippen molar-refractivity contribution in [2.24, 2.45) is 0 Å². The molecule has 6 heteroatoms. The van der Waals surface area contributed by atoms with E-state index in [2.05, 4.69) is 4.98 Å². The lowest BCUT2D eigenvalue weighted by Gasteiger charge is -2.43. The highest BCUT2D eigenvalue weighted by molar-refractivity contribution is 5.81. The van der Waals surface area contributed by atoms with Gasteiger partial charge in [0.1, 0.15) is 5.75 Å². The van der Waals surface area contributed by atoms with Gasteiger partial charge in [0.25, 0.3) is 0 Å². The van der Waals surface area contributed by atoms with E-state index >= 15 is 0 Å². The van der Waals surface area contributed by atoms with Crippen LogP contribution in [-0.2, 0) is 18.3 Å². The number of benzene rings is 2. The molecule has 0 bridgehead atoms. The lowest BCUT2D eigenvalue weighted by atomic mass is 9.65. The highest BCUT2D eigenvalue weighted by atomic mass is 19.4. The molecule has 0 saturated heterocycles. The van der Waals surface area contributed by atoms with E-state index in [1.807, 2.05) is 19.1 Å². The predicted molar refractivity (Wildman–Crippen MR) is 114 cm³/mol. The molecule has 0 radical (unpaired) electrons. The van der Waals surface area contributed by atoms with Crippen molar-refractivity contribution in [1.29, 1.82) is 0 Å². The number of aromatic nitrogens is 1. The van der Waals surface area contributed by atoms with Crippen molar-refractivity contribution in [1.82, 2.24) is 4.98 Å². The maximum Gasteiger partial charge on any atom is 0.417 e. The molecule has 0 saturated carbocycles. The lowest BCUT2D eigenvalue weighted by molar-refractivity contribution is -0.267. The largest absolute Gasteiger partial charge is 0.497 e. The number of rotatable bonds is 5. The zero-order chi connectivity index (χ0) is 22.3. The Labute approximate surface area is 179 Å². The molecule has 164 valence electrons. The number of halogens is 3. The number of alkyl halides is 3. The van der Waals surface area contributed by atoms with E-state index in [1.54, 1.807) is 43.5 Å². The summed E-state index contributed by atoms with van der Waals surface area (Å²) in [6.07, 6.45) is -2.05. The number of nitrogens with zero attached hydrogens (tertiary/aromatic N) is 1. The Morgan fingerprint density at radius 3 is 2.65 bits per heavy atom. The van der Waals surface area contributed by atoms with Crippen molar-refractivity contribution >= 4 is 10.9 Å². The van der Waals surface area contributed by atoms with Gasteiger partial charge in [-0.05, 0) is 72.1 Å². The Morgan fingerprint density at radius 1 is 1.13 bits per heavy atom. The van der Waals surface area contributed by atoms with Crippen LogP contribution in [-0.4, -0.2) is 29.0 Å². The van der Waals surface area contributed by atoms with Crippen LogP contribution < -0.4 is 4.74 Å². The first-order valence-electron chi connectivity index (χ1n) is 10.4. The van der Waals surface area contributed by atoms with Gasteiger partial charge in [-0.1, -0.05) is 31.2 Å². The zero-order valence-electron chi connectivity index (χ0n) is 17.7. The third-order valence-corrected chi connectivity index (χ3v) is 6.57. The number of aryl methyl sites for hydroxylation is 1. The van der Waals surface area contributed by atoms with Gasteiger partial charge in [0.2, 0.25) is 0 Å². The van der Waals surface area contributed by atoms with E-state index < -0.39 is 30.0 Å². The Kier molecular flexibility index (Phi) is 5.46. The maximum atomic E-state index is 14.3. The van der Waals surface area contributed by atoms with Crippen LogP contribution in [0.2, 0.25) is 0 Å². The molecule has 1 aliphatic rings. The van der Waals surface area contributed by atoms with E-state index in [0.717, 1.165) is 24.0 Å². The second kappa shape index (κ2) is 7.83. The summed E-state index contributed by atoms with van der Waals surface area (Å²) >= 11 is 0. The number of hydrogen-bond donors (Lipinski definition) is 1. The summed E-state index contributed by atoms with van der Waals surface area (Å²) in [4.78, 5) is 4.23. The van der Waals surface area contributed by atoms with Gasteiger partial charge in [-0.3, -0.25) is 4.98 Å². The molecule has 1 aromatic heterocycles. The topological polar surface area (TPSA) is 42.4 Å². The molecular weight excluding hydrogens is 403 g/mol. The molecule has 31 heavy (non-hydrogen) atoms. The highest BCUT2D eigenvalue weighted by Crippen LogP contribution is 2.48. The number of fused-ring (bicyclic) bond motifs is 2. The van der Waals surface area contributed by atoms with E-state index in [4.69, 9.17) is 4.74 Å². The summed E-state index contributed by atoms with van der Waals surface area (Å²) in [6.45, 7) is 1.83. The predicted octanol–water partition coefficient (Wildman–Crippen LogP) is 5.76. The Bertz CT molecular complexity index is 1090. The lowest BCUT2D eigenvalue weighted by Crippen LogP contribution is -2.52. The molecule has 4 rings (SSSR count). The van der Waals surface area contributed by atoms with E-state index in [1.165, 1.54) is 6.20 Å². The second-order valence-corrected chi connectivity index (χ2v) is 8.81. The molecule has 1 aliphatic carbocycles. The summed E-state index contributed by atoms with van der Waals surface area (Å²) in [7, 11) is 1.57. The minimum absolute atomic E-state index is 0.403. The van der Waals surface area contributed by atoms with Gasteiger partial charge in [-0.15, -0.1) is 0 Å². The average Bonchev–Trinajstić information content (AvgIpc) is 2.73. The summed E-state index contributed by atoms with van der Waals surface area (Å²) in [6, 6.07) is 14.2. The highest BCUT2D eigenvalue weighted by Gasteiger charge is 2.57. The van der Waals surface area contributed by atoms with Crippen LogP contribution in [0, 0.1) is 0 Å². The van der Waals surface area contributed by atoms with E-state index in [0.29, 0.717) is 28.6 Å². The van der Waals surface area contributed by atoms with Gasteiger partial charge in [0, 0.05) is 18.0 Å². The first-order valence-corrected chi connectivity index (χ1v) is 10.4. The fourth-order valence-corrected chi connectivity index (χ4v) is 5.01. The monoisotopic (exact) mass is 429 g/mol. The molecule has 1 N–H and O–H groups in total. The van der Waals surface area contributed by atoms with Gasteiger partial charge in [0.05, 0.1) is 12.6 Å². The molecule has 2 aromatic carbocycles. The molecule has 3 aromatic rings. The summed E-state index contributed by atoms with van der Waals surface area (Å²) in [5.74, 6) is 0.692. The number of para-hydroxylation sites is 1. The quantitative estimate of drug-likeness (QED) is 0.560. The van der Waals surface area contributed by atoms with Crippen molar-refractivity contribution in [2.45, 2.75) is 56.2 Å². The number of hydrogen-bond acceptors (Lipinski definition) is 3. The first-order chi connectivity index (χ1) is 14.7. The van der Waals surface area contributed by atoms with Crippen LogP contribution in [0.15, 0.2) is 54.7 Å². The first kappa shape index (κ1) is 21.6. The molecule has 2 atom stereocenters. The Morgan fingerprint density at radius 2 is 1.90 bits per heavy atom.